The highest BCUT2D eigenvalue weighted by atomic mass is 32.1. The first-order valence-electron chi connectivity index (χ1n) is 4.66. The second-order valence-electron chi connectivity index (χ2n) is 3.60. The van der Waals surface area contributed by atoms with Crippen molar-refractivity contribution < 1.29 is 14.7 Å². The molecule has 6 nitrogen and oxygen atoms in total. The van der Waals surface area contributed by atoms with Gasteiger partial charge in [-0.15, -0.1) is 11.3 Å². The first-order valence-corrected chi connectivity index (χ1v) is 5.54. The number of anilines is 1. The van der Waals surface area contributed by atoms with Crippen molar-refractivity contribution in [2.45, 2.75) is 19.9 Å². The van der Waals surface area contributed by atoms with Gasteiger partial charge in [0, 0.05) is 5.38 Å². The fourth-order valence-electron chi connectivity index (χ4n) is 1.12. The summed E-state index contributed by atoms with van der Waals surface area (Å²) in [5, 5.41) is 13.1. The fraction of sp³-hybridized carbons (Fsp3) is 0.444. The minimum Gasteiger partial charge on any atom is -0.480 e. The molecule has 0 saturated carbocycles. The molecule has 0 aromatic carbocycles. The van der Waals surface area contributed by atoms with Crippen molar-refractivity contribution >= 4 is 28.3 Å². The van der Waals surface area contributed by atoms with Gasteiger partial charge in [-0.2, -0.15) is 0 Å². The number of carboxylic acids is 1. The lowest BCUT2D eigenvalue weighted by Gasteiger charge is -2.16. The number of carbonyl (C=O) groups is 2. The van der Waals surface area contributed by atoms with E-state index in [2.05, 4.69) is 10.3 Å². The highest BCUT2D eigenvalue weighted by molar-refractivity contribution is 7.13. The van der Waals surface area contributed by atoms with E-state index in [1.165, 1.54) is 5.38 Å². The number of rotatable bonds is 4. The number of hydrogen-bond acceptors (Lipinski definition) is 5. The van der Waals surface area contributed by atoms with Gasteiger partial charge in [0.05, 0.1) is 0 Å². The zero-order valence-corrected chi connectivity index (χ0v) is 9.75. The Morgan fingerprint density at radius 2 is 2.19 bits per heavy atom. The fourth-order valence-corrected chi connectivity index (χ4v) is 1.66. The summed E-state index contributed by atoms with van der Waals surface area (Å²) in [6.45, 7) is 3.43. The van der Waals surface area contributed by atoms with Crippen LogP contribution in [0.1, 0.15) is 24.3 Å². The molecule has 1 amide bonds. The Bertz CT molecular complexity index is 402. The predicted octanol–water partition coefficient (Wildman–Crippen LogP) is 0.564. The molecular formula is C9H13N3O3S. The number of aliphatic carboxylic acids is 1. The van der Waals surface area contributed by atoms with E-state index < -0.39 is 17.9 Å². The maximum absolute atomic E-state index is 11.6. The van der Waals surface area contributed by atoms with E-state index in [0.717, 1.165) is 11.3 Å². The number of nitrogens with two attached hydrogens (primary N) is 1. The maximum atomic E-state index is 11.6. The number of carboxylic acid groups (broad SMARTS) is 1. The van der Waals surface area contributed by atoms with E-state index >= 15 is 0 Å². The van der Waals surface area contributed by atoms with Gasteiger partial charge in [0.2, 0.25) is 0 Å². The van der Waals surface area contributed by atoms with E-state index in [4.69, 9.17) is 10.8 Å². The number of nitrogens with one attached hydrogen (secondary N) is 1. The van der Waals surface area contributed by atoms with Crippen molar-refractivity contribution in [1.82, 2.24) is 10.3 Å². The van der Waals surface area contributed by atoms with Crippen LogP contribution in [-0.2, 0) is 4.79 Å². The summed E-state index contributed by atoms with van der Waals surface area (Å²) >= 11 is 1.14. The van der Waals surface area contributed by atoms with Crippen LogP contribution >= 0.6 is 11.3 Å². The highest BCUT2D eigenvalue weighted by Gasteiger charge is 2.24. The molecule has 16 heavy (non-hydrogen) atoms. The molecule has 1 atom stereocenters. The summed E-state index contributed by atoms with van der Waals surface area (Å²) in [5.74, 6) is -1.78. The molecular weight excluding hydrogens is 230 g/mol. The average molecular weight is 243 g/mol. The minimum absolute atomic E-state index is 0.148. The summed E-state index contributed by atoms with van der Waals surface area (Å²) in [7, 11) is 0. The van der Waals surface area contributed by atoms with Crippen LogP contribution in [0.5, 0.6) is 0 Å². The largest absolute Gasteiger partial charge is 0.480 e. The number of hydrogen-bond donors (Lipinski definition) is 3. The Morgan fingerprint density at radius 1 is 1.56 bits per heavy atom. The normalized spacial score (nSPS) is 12.4. The van der Waals surface area contributed by atoms with Gasteiger partial charge in [-0.25, -0.2) is 9.78 Å². The smallest absolute Gasteiger partial charge is 0.326 e. The Kier molecular flexibility index (Phi) is 3.83. The molecule has 0 spiro atoms. The van der Waals surface area contributed by atoms with Crippen molar-refractivity contribution in [3.8, 4) is 0 Å². The van der Waals surface area contributed by atoms with Crippen LogP contribution in [0.25, 0.3) is 0 Å². The second-order valence-corrected chi connectivity index (χ2v) is 4.49. The van der Waals surface area contributed by atoms with Crippen LogP contribution in [0.3, 0.4) is 0 Å². The number of thiazole rings is 1. The molecule has 0 saturated heterocycles. The number of amides is 1. The molecule has 1 heterocycles. The van der Waals surface area contributed by atoms with E-state index in [1.807, 2.05) is 0 Å². The molecule has 0 aliphatic carbocycles. The van der Waals surface area contributed by atoms with Gasteiger partial charge in [0.25, 0.3) is 5.91 Å². The number of nitrogen functional groups attached to an aromatic ring is 1. The lowest BCUT2D eigenvalue weighted by Crippen LogP contribution is -2.44. The van der Waals surface area contributed by atoms with Crippen LogP contribution in [-0.4, -0.2) is 28.0 Å². The Morgan fingerprint density at radius 3 is 2.56 bits per heavy atom. The van der Waals surface area contributed by atoms with Crippen molar-refractivity contribution in [3.05, 3.63) is 11.1 Å². The van der Waals surface area contributed by atoms with E-state index in [0.29, 0.717) is 0 Å². The van der Waals surface area contributed by atoms with Gasteiger partial charge in [-0.05, 0) is 5.92 Å². The zero-order chi connectivity index (χ0) is 12.3. The molecule has 0 aliphatic rings. The van der Waals surface area contributed by atoms with Gasteiger partial charge in [0.15, 0.2) is 5.13 Å². The van der Waals surface area contributed by atoms with Crippen molar-refractivity contribution in [3.63, 3.8) is 0 Å². The summed E-state index contributed by atoms with van der Waals surface area (Å²) in [4.78, 5) is 26.2. The topological polar surface area (TPSA) is 105 Å². The Balaban J connectivity index is 2.73. The SMILES string of the molecule is CC(C)[C@H](NC(=O)c1csc(N)n1)C(=O)O. The van der Waals surface area contributed by atoms with Gasteiger partial charge in [-0.3, -0.25) is 4.79 Å². The van der Waals surface area contributed by atoms with Crippen LogP contribution in [0.4, 0.5) is 5.13 Å². The third-order valence-electron chi connectivity index (χ3n) is 1.97. The lowest BCUT2D eigenvalue weighted by molar-refractivity contribution is -0.140. The molecule has 0 bridgehead atoms. The molecule has 7 heteroatoms. The molecule has 0 unspecified atom stereocenters. The molecule has 0 radical (unpaired) electrons. The monoisotopic (exact) mass is 243 g/mol. The molecule has 1 rings (SSSR count). The molecule has 88 valence electrons. The van der Waals surface area contributed by atoms with Crippen LogP contribution in [0.15, 0.2) is 5.38 Å². The summed E-state index contributed by atoms with van der Waals surface area (Å²) in [5.41, 5.74) is 5.53. The summed E-state index contributed by atoms with van der Waals surface area (Å²) in [6.07, 6.45) is 0. The predicted molar refractivity (Wildman–Crippen MR) is 60.3 cm³/mol. The van der Waals surface area contributed by atoms with E-state index in [9.17, 15) is 9.59 Å². The van der Waals surface area contributed by atoms with Crippen molar-refractivity contribution in [2.24, 2.45) is 5.92 Å². The van der Waals surface area contributed by atoms with Crippen LogP contribution < -0.4 is 11.1 Å². The third-order valence-corrected chi connectivity index (χ3v) is 2.65. The maximum Gasteiger partial charge on any atom is 0.326 e. The minimum atomic E-state index is -1.06. The average Bonchev–Trinajstić information content (AvgIpc) is 2.59. The second kappa shape index (κ2) is 4.93. The number of nitrogens with zero attached hydrogens (tertiary/aromatic N) is 1. The van der Waals surface area contributed by atoms with Gasteiger partial charge in [0.1, 0.15) is 11.7 Å². The molecule has 0 fully saturated rings. The van der Waals surface area contributed by atoms with E-state index in [-0.39, 0.29) is 16.7 Å². The van der Waals surface area contributed by atoms with Gasteiger partial charge < -0.3 is 16.2 Å². The van der Waals surface area contributed by atoms with Crippen LogP contribution in [0, 0.1) is 5.92 Å². The number of aromatic nitrogens is 1. The molecule has 1 aromatic rings. The quantitative estimate of drug-likeness (QED) is 0.716. The first-order chi connectivity index (χ1) is 7.41. The van der Waals surface area contributed by atoms with E-state index in [1.54, 1.807) is 13.8 Å². The summed E-state index contributed by atoms with van der Waals surface area (Å²) < 4.78 is 0. The van der Waals surface area contributed by atoms with Crippen molar-refractivity contribution in [2.75, 3.05) is 5.73 Å². The summed E-state index contributed by atoms with van der Waals surface area (Å²) in [6, 6.07) is -0.921. The first kappa shape index (κ1) is 12.4. The molecule has 0 aliphatic heterocycles. The third kappa shape index (κ3) is 2.93. The van der Waals surface area contributed by atoms with Gasteiger partial charge in [-0.1, -0.05) is 13.8 Å². The zero-order valence-electron chi connectivity index (χ0n) is 8.93. The van der Waals surface area contributed by atoms with Crippen molar-refractivity contribution in [1.29, 1.82) is 0 Å². The molecule has 1 aromatic heterocycles. The lowest BCUT2D eigenvalue weighted by atomic mass is 10.0. The standard InChI is InChI=1S/C9H13N3O3S/c1-4(2)6(8(14)15)12-7(13)5-3-16-9(10)11-5/h3-4,6H,1-2H3,(H2,10,11)(H,12,13)(H,14,15)/t6-/m0/s1. The molecule has 4 N–H and O–H groups in total. The highest BCUT2D eigenvalue weighted by Crippen LogP contribution is 2.11. The van der Waals surface area contributed by atoms with Gasteiger partial charge >= 0.3 is 5.97 Å². The van der Waals surface area contributed by atoms with Crippen LogP contribution in [0.2, 0.25) is 0 Å². The number of carbonyl (C=O) groups excluding carboxylic acids is 1. The Labute approximate surface area is 96.5 Å². The Hall–Kier alpha value is -1.63.